The average molecular weight is 395 g/mol. The molecular weight excluding hydrogens is 376 g/mol. The number of carbonyl (C=O) groups excluding carboxylic acids is 1. The Balaban J connectivity index is 1.80. The van der Waals surface area contributed by atoms with Crippen LogP contribution in [-0.2, 0) is 21.4 Å². The molecule has 1 aliphatic heterocycles. The third-order valence-electron chi connectivity index (χ3n) is 4.09. The smallest absolute Gasteiger partial charge is 0.263 e. The first-order valence-corrected chi connectivity index (χ1v) is 10.2. The molecule has 0 bridgehead atoms. The van der Waals surface area contributed by atoms with E-state index in [1.54, 1.807) is 24.3 Å². The Bertz CT molecular complexity index is 946. The van der Waals surface area contributed by atoms with Crippen molar-refractivity contribution in [2.45, 2.75) is 19.6 Å². The van der Waals surface area contributed by atoms with Gasteiger partial charge in [-0.05, 0) is 36.2 Å². The molecule has 3 rings (SSSR count). The first kappa shape index (κ1) is 18.5. The van der Waals surface area contributed by atoms with E-state index in [9.17, 15) is 13.2 Å². The Labute approximate surface area is 157 Å². The number of fused-ring (bicyclic) bond motifs is 1. The molecule has 1 amide bonds. The van der Waals surface area contributed by atoms with Gasteiger partial charge >= 0.3 is 0 Å². The fraction of sp³-hybridized carbons (Fsp3) is 0.278. The normalized spacial score (nSPS) is 16.6. The van der Waals surface area contributed by atoms with Crippen molar-refractivity contribution in [1.82, 2.24) is 5.32 Å². The van der Waals surface area contributed by atoms with Gasteiger partial charge in [-0.1, -0.05) is 35.9 Å². The van der Waals surface area contributed by atoms with Gasteiger partial charge in [-0.25, -0.2) is 8.42 Å². The number of hydrogen-bond donors (Lipinski definition) is 1. The molecule has 0 aliphatic carbocycles. The summed E-state index contributed by atoms with van der Waals surface area (Å²) in [6, 6.07) is 12.4. The van der Waals surface area contributed by atoms with Crippen LogP contribution in [0.5, 0.6) is 5.75 Å². The molecular formula is C18H19ClN2O4S. The number of halogens is 1. The number of anilines is 1. The molecule has 138 valence electrons. The zero-order valence-electron chi connectivity index (χ0n) is 14.4. The number of rotatable bonds is 4. The van der Waals surface area contributed by atoms with Crippen LogP contribution in [0.25, 0.3) is 0 Å². The molecule has 0 saturated carbocycles. The average Bonchev–Trinajstić information content (AvgIpc) is 2.59. The second kappa shape index (κ2) is 7.17. The summed E-state index contributed by atoms with van der Waals surface area (Å²) in [6.45, 7) is 2.02. The second-order valence-corrected chi connectivity index (χ2v) is 8.49. The Hall–Kier alpha value is -2.25. The molecule has 0 radical (unpaired) electrons. The van der Waals surface area contributed by atoms with Crippen molar-refractivity contribution < 1.29 is 17.9 Å². The molecule has 26 heavy (non-hydrogen) atoms. The molecule has 1 heterocycles. The number of sulfonamides is 1. The maximum Gasteiger partial charge on any atom is 0.263 e. The van der Waals surface area contributed by atoms with E-state index in [-0.39, 0.29) is 13.1 Å². The number of carbonyl (C=O) groups is 1. The van der Waals surface area contributed by atoms with Crippen LogP contribution >= 0.6 is 11.6 Å². The molecule has 1 unspecified atom stereocenters. The lowest BCUT2D eigenvalue weighted by molar-refractivity contribution is -0.127. The van der Waals surface area contributed by atoms with Crippen LogP contribution in [0.1, 0.15) is 11.1 Å². The van der Waals surface area contributed by atoms with E-state index in [1.807, 2.05) is 25.1 Å². The van der Waals surface area contributed by atoms with E-state index in [1.165, 1.54) is 4.31 Å². The summed E-state index contributed by atoms with van der Waals surface area (Å²) in [7, 11) is -3.54. The second-order valence-electron chi connectivity index (χ2n) is 6.18. The number of aryl methyl sites for hydroxylation is 1. The lowest BCUT2D eigenvalue weighted by Crippen LogP contribution is -2.50. The molecule has 1 aliphatic rings. The Morgan fingerprint density at radius 2 is 2.04 bits per heavy atom. The lowest BCUT2D eigenvalue weighted by Gasteiger charge is -2.34. The van der Waals surface area contributed by atoms with E-state index in [0.29, 0.717) is 16.5 Å². The fourth-order valence-corrected chi connectivity index (χ4v) is 3.86. The van der Waals surface area contributed by atoms with Crippen LogP contribution in [0.3, 0.4) is 0 Å². The van der Waals surface area contributed by atoms with Gasteiger partial charge in [-0.2, -0.15) is 0 Å². The zero-order chi connectivity index (χ0) is 18.9. The van der Waals surface area contributed by atoms with Gasteiger partial charge in [0.1, 0.15) is 5.75 Å². The zero-order valence-corrected chi connectivity index (χ0v) is 16.0. The van der Waals surface area contributed by atoms with E-state index in [4.69, 9.17) is 16.3 Å². The van der Waals surface area contributed by atoms with Crippen LogP contribution in [0, 0.1) is 6.92 Å². The van der Waals surface area contributed by atoms with Gasteiger partial charge in [0.05, 0.1) is 18.5 Å². The van der Waals surface area contributed by atoms with Gasteiger partial charge in [0, 0.05) is 11.6 Å². The first-order valence-electron chi connectivity index (χ1n) is 8.02. The summed E-state index contributed by atoms with van der Waals surface area (Å²) in [5, 5.41) is 3.31. The standard InChI is InChI=1S/C18H19ClN2O4S/c1-12-7-8-16-15(9-12)21(26(2,23)24)11-17(25-16)18(22)20-10-13-5-3-4-6-14(13)19/h3-9,17H,10-11H2,1-2H3,(H,20,22). The van der Waals surface area contributed by atoms with Gasteiger partial charge in [0.25, 0.3) is 5.91 Å². The molecule has 6 nitrogen and oxygen atoms in total. The van der Waals surface area contributed by atoms with Crippen LogP contribution < -0.4 is 14.4 Å². The highest BCUT2D eigenvalue weighted by Crippen LogP contribution is 2.35. The maximum atomic E-state index is 12.5. The highest BCUT2D eigenvalue weighted by Gasteiger charge is 2.35. The van der Waals surface area contributed by atoms with Crippen molar-refractivity contribution in [3.8, 4) is 5.75 Å². The van der Waals surface area contributed by atoms with E-state index in [2.05, 4.69) is 5.32 Å². The Kier molecular flexibility index (Phi) is 5.11. The largest absolute Gasteiger partial charge is 0.476 e. The molecule has 8 heteroatoms. The van der Waals surface area contributed by atoms with Gasteiger partial charge in [-0.3, -0.25) is 9.10 Å². The number of amides is 1. The summed E-state index contributed by atoms with van der Waals surface area (Å²) in [6.07, 6.45) is 0.172. The maximum absolute atomic E-state index is 12.5. The van der Waals surface area contributed by atoms with Crippen molar-refractivity contribution in [3.63, 3.8) is 0 Å². The molecule has 0 spiro atoms. The third-order valence-corrected chi connectivity index (χ3v) is 5.60. The molecule has 2 aromatic carbocycles. The number of ether oxygens (including phenoxy) is 1. The minimum atomic E-state index is -3.54. The van der Waals surface area contributed by atoms with Crippen molar-refractivity contribution in [1.29, 1.82) is 0 Å². The van der Waals surface area contributed by atoms with Crippen LogP contribution in [0.15, 0.2) is 42.5 Å². The summed E-state index contributed by atoms with van der Waals surface area (Å²) >= 11 is 6.09. The number of nitrogens with one attached hydrogen (secondary N) is 1. The predicted molar refractivity (Wildman–Crippen MR) is 101 cm³/mol. The first-order chi connectivity index (χ1) is 12.3. The quantitative estimate of drug-likeness (QED) is 0.864. The van der Waals surface area contributed by atoms with Gasteiger partial charge in [0.2, 0.25) is 10.0 Å². The summed E-state index contributed by atoms with van der Waals surface area (Å²) in [5.41, 5.74) is 2.12. The van der Waals surface area contributed by atoms with Gasteiger partial charge in [-0.15, -0.1) is 0 Å². The Morgan fingerprint density at radius 1 is 1.31 bits per heavy atom. The van der Waals surface area contributed by atoms with Crippen LogP contribution in [0.4, 0.5) is 5.69 Å². The molecule has 0 fully saturated rings. The molecule has 1 atom stereocenters. The summed E-state index contributed by atoms with van der Waals surface area (Å²) in [4.78, 5) is 12.5. The molecule has 2 aromatic rings. The topological polar surface area (TPSA) is 75.7 Å². The molecule has 0 aromatic heterocycles. The number of nitrogens with zero attached hydrogens (tertiary/aromatic N) is 1. The van der Waals surface area contributed by atoms with Crippen LogP contribution in [0.2, 0.25) is 5.02 Å². The van der Waals surface area contributed by atoms with E-state index < -0.39 is 22.0 Å². The monoisotopic (exact) mass is 394 g/mol. The lowest BCUT2D eigenvalue weighted by atomic mass is 10.1. The van der Waals surface area contributed by atoms with Crippen molar-refractivity contribution in [3.05, 3.63) is 58.6 Å². The Morgan fingerprint density at radius 3 is 2.73 bits per heavy atom. The minimum Gasteiger partial charge on any atom is -0.476 e. The number of hydrogen-bond acceptors (Lipinski definition) is 4. The van der Waals surface area contributed by atoms with Crippen LogP contribution in [-0.4, -0.2) is 33.2 Å². The van der Waals surface area contributed by atoms with Gasteiger partial charge in [0.15, 0.2) is 6.10 Å². The number of benzene rings is 2. The SMILES string of the molecule is Cc1ccc2c(c1)N(S(C)(=O)=O)CC(C(=O)NCc1ccccc1Cl)O2. The van der Waals surface area contributed by atoms with E-state index in [0.717, 1.165) is 17.4 Å². The predicted octanol–water partition coefficient (Wildman–Crippen LogP) is 2.49. The van der Waals surface area contributed by atoms with E-state index >= 15 is 0 Å². The summed E-state index contributed by atoms with van der Waals surface area (Å²) < 4.78 is 31.3. The minimum absolute atomic E-state index is 0.0797. The van der Waals surface area contributed by atoms with Crippen molar-refractivity contribution >= 4 is 33.2 Å². The molecule has 1 N–H and O–H groups in total. The fourth-order valence-electron chi connectivity index (χ4n) is 2.75. The third kappa shape index (κ3) is 3.94. The van der Waals surface area contributed by atoms with Gasteiger partial charge < -0.3 is 10.1 Å². The van der Waals surface area contributed by atoms with Crippen molar-refractivity contribution in [2.75, 3.05) is 17.1 Å². The highest BCUT2D eigenvalue weighted by atomic mass is 35.5. The highest BCUT2D eigenvalue weighted by molar-refractivity contribution is 7.92. The summed E-state index contributed by atoms with van der Waals surface area (Å²) in [5.74, 6) is -0.0324. The molecule has 0 saturated heterocycles. The van der Waals surface area contributed by atoms with Crippen molar-refractivity contribution in [2.24, 2.45) is 0 Å².